The lowest BCUT2D eigenvalue weighted by Gasteiger charge is -2.32. The van der Waals surface area contributed by atoms with Crippen LogP contribution in [0.1, 0.15) is 47.8 Å². The quantitative estimate of drug-likeness (QED) is 0.209. The maximum atomic E-state index is 13.1. The minimum absolute atomic E-state index is 0.105. The van der Waals surface area contributed by atoms with Crippen molar-refractivity contribution in [1.29, 1.82) is 0 Å². The van der Waals surface area contributed by atoms with Gasteiger partial charge in [-0.3, -0.25) is 0 Å². The SMILES string of the molecule is Cc1cc(OCc2ccccc2)c(OCc2ccccc2)cc1C(=O)OC[C@@H](O)C[N+](C)(C)CCOC(C)(C)C. The predicted octanol–water partition coefficient (Wildman–Crippen LogP) is 5.56. The summed E-state index contributed by atoms with van der Waals surface area (Å²) in [6.45, 7) is 10.2. The van der Waals surface area contributed by atoms with E-state index in [0.717, 1.165) is 17.7 Å². The third-order valence-electron chi connectivity index (χ3n) is 6.33. The van der Waals surface area contributed by atoms with Crippen molar-refractivity contribution in [3.8, 4) is 11.5 Å². The highest BCUT2D eigenvalue weighted by molar-refractivity contribution is 5.92. The van der Waals surface area contributed by atoms with Crippen molar-refractivity contribution in [2.24, 2.45) is 0 Å². The molecule has 0 fully saturated rings. The first kappa shape index (κ1) is 31.1. The number of aliphatic hydroxyl groups is 1. The molecule has 1 N–H and O–H groups in total. The zero-order valence-corrected chi connectivity index (χ0v) is 24.7. The molecule has 3 aromatic rings. The first-order valence-corrected chi connectivity index (χ1v) is 13.7. The molecule has 0 bridgehead atoms. The van der Waals surface area contributed by atoms with Gasteiger partial charge in [-0.25, -0.2) is 4.79 Å². The number of likely N-dealkylation sites (N-methyl/N-ethyl adjacent to an activating group) is 1. The van der Waals surface area contributed by atoms with Crippen LogP contribution in [0.25, 0.3) is 0 Å². The Bertz CT molecular complexity index is 1200. The maximum Gasteiger partial charge on any atom is 0.338 e. The van der Waals surface area contributed by atoms with Crippen molar-refractivity contribution >= 4 is 5.97 Å². The minimum atomic E-state index is -0.809. The van der Waals surface area contributed by atoms with Crippen molar-refractivity contribution in [2.45, 2.75) is 52.6 Å². The first-order chi connectivity index (χ1) is 18.9. The second-order valence-corrected chi connectivity index (χ2v) is 11.7. The first-order valence-electron chi connectivity index (χ1n) is 13.7. The zero-order chi connectivity index (χ0) is 29.2. The van der Waals surface area contributed by atoms with E-state index in [9.17, 15) is 9.90 Å². The molecule has 0 spiro atoms. The largest absolute Gasteiger partial charge is 0.485 e. The Morgan fingerprint density at radius 3 is 1.93 bits per heavy atom. The number of nitrogens with zero attached hydrogens (tertiary/aromatic N) is 1. The summed E-state index contributed by atoms with van der Waals surface area (Å²) >= 11 is 0. The van der Waals surface area contributed by atoms with Crippen LogP contribution >= 0.6 is 0 Å². The summed E-state index contributed by atoms with van der Waals surface area (Å²) < 4.78 is 24.1. The average Bonchev–Trinajstić information content (AvgIpc) is 2.90. The fraction of sp³-hybridized carbons (Fsp3) is 0.424. The summed E-state index contributed by atoms with van der Waals surface area (Å²) in [5, 5.41) is 10.6. The van der Waals surface area contributed by atoms with E-state index in [1.165, 1.54) is 0 Å². The topological polar surface area (TPSA) is 74.2 Å². The number of carbonyl (C=O) groups excluding carboxylic acids is 1. The molecule has 0 amide bonds. The second-order valence-electron chi connectivity index (χ2n) is 11.7. The van der Waals surface area contributed by atoms with Gasteiger partial charge < -0.3 is 28.5 Å². The van der Waals surface area contributed by atoms with Crippen molar-refractivity contribution in [3.05, 3.63) is 95.1 Å². The zero-order valence-electron chi connectivity index (χ0n) is 24.7. The summed E-state index contributed by atoms with van der Waals surface area (Å²) in [6.07, 6.45) is -0.809. The van der Waals surface area contributed by atoms with Gasteiger partial charge in [0.05, 0.1) is 31.9 Å². The van der Waals surface area contributed by atoms with Crippen LogP contribution in [0.3, 0.4) is 0 Å². The lowest BCUT2D eigenvalue weighted by atomic mass is 10.1. The number of esters is 1. The second kappa shape index (κ2) is 14.3. The fourth-order valence-electron chi connectivity index (χ4n) is 4.14. The van der Waals surface area contributed by atoms with Crippen molar-refractivity contribution < 1.29 is 33.3 Å². The van der Waals surface area contributed by atoms with Crippen LogP contribution in [0.2, 0.25) is 0 Å². The lowest BCUT2D eigenvalue weighted by Crippen LogP contribution is -2.49. The number of aliphatic hydroxyl groups excluding tert-OH is 1. The van der Waals surface area contributed by atoms with Gasteiger partial charge in [-0.2, -0.15) is 0 Å². The Balaban J connectivity index is 1.66. The van der Waals surface area contributed by atoms with E-state index in [2.05, 4.69) is 0 Å². The smallest absolute Gasteiger partial charge is 0.338 e. The molecule has 0 unspecified atom stereocenters. The number of quaternary nitrogens is 1. The van der Waals surface area contributed by atoms with E-state index in [1.807, 2.05) is 102 Å². The van der Waals surface area contributed by atoms with Gasteiger partial charge in [-0.05, 0) is 56.5 Å². The highest BCUT2D eigenvalue weighted by atomic mass is 16.5. The summed E-state index contributed by atoms with van der Waals surface area (Å²) in [5.41, 5.74) is 2.88. The van der Waals surface area contributed by atoms with E-state index in [-0.39, 0.29) is 12.2 Å². The average molecular weight is 551 g/mol. The molecule has 0 saturated heterocycles. The maximum absolute atomic E-state index is 13.1. The van der Waals surface area contributed by atoms with Crippen molar-refractivity contribution in [2.75, 3.05) is 40.4 Å². The van der Waals surface area contributed by atoms with E-state index < -0.39 is 12.1 Å². The van der Waals surface area contributed by atoms with Crippen LogP contribution in [0, 0.1) is 6.92 Å². The van der Waals surface area contributed by atoms with Crippen LogP contribution in [-0.2, 0) is 22.7 Å². The Morgan fingerprint density at radius 1 is 0.875 bits per heavy atom. The molecule has 0 aliphatic heterocycles. The number of benzene rings is 3. The van der Waals surface area contributed by atoms with Gasteiger partial charge in [0.1, 0.15) is 39.0 Å². The predicted molar refractivity (Wildman–Crippen MR) is 157 cm³/mol. The number of carbonyl (C=O) groups is 1. The molecular formula is C33H44NO6+. The molecule has 3 aromatic carbocycles. The Kier molecular flexibility index (Phi) is 11.1. The number of ether oxygens (including phenoxy) is 4. The van der Waals surface area contributed by atoms with E-state index in [1.54, 1.807) is 12.1 Å². The van der Waals surface area contributed by atoms with Gasteiger partial charge in [0.25, 0.3) is 0 Å². The van der Waals surface area contributed by atoms with Crippen molar-refractivity contribution in [3.63, 3.8) is 0 Å². The minimum Gasteiger partial charge on any atom is -0.485 e. The molecule has 0 radical (unpaired) electrons. The summed E-state index contributed by atoms with van der Waals surface area (Å²) in [5.74, 6) is 0.483. The van der Waals surface area contributed by atoms with Crippen LogP contribution in [0.5, 0.6) is 11.5 Å². The Morgan fingerprint density at radius 2 is 1.40 bits per heavy atom. The molecule has 216 valence electrons. The molecule has 0 heterocycles. The highest BCUT2D eigenvalue weighted by Crippen LogP contribution is 2.33. The lowest BCUT2D eigenvalue weighted by molar-refractivity contribution is -0.894. The monoisotopic (exact) mass is 550 g/mol. The molecule has 1 atom stereocenters. The molecule has 0 saturated carbocycles. The molecule has 0 aromatic heterocycles. The summed E-state index contributed by atoms with van der Waals surface area (Å²) in [6, 6.07) is 23.1. The van der Waals surface area contributed by atoms with Gasteiger partial charge in [-0.15, -0.1) is 0 Å². The van der Waals surface area contributed by atoms with Crippen LogP contribution in [0.15, 0.2) is 72.8 Å². The third-order valence-corrected chi connectivity index (χ3v) is 6.33. The Labute approximate surface area is 238 Å². The van der Waals surface area contributed by atoms with E-state index >= 15 is 0 Å². The number of hydrogen-bond acceptors (Lipinski definition) is 6. The molecule has 7 nitrogen and oxygen atoms in total. The Hall–Kier alpha value is -3.39. The normalized spacial score (nSPS) is 12.6. The highest BCUT2D eigenvalue weighted by Gasteiger charge is 2.24. The fourth-order valence-corrected chi connectivity index (χ4v) is 4.14. The summed E-state index contributed by atoms with van der Waals surface area (Å²) in [7, 11) is 4.04. The number of aryl methyl sites for hydroxylation is 1. The molecule has 3 rings (SSSR count). The number of hydrogen-bond donors (Lipinski definition) is 1. The number of rotatable bonds is 14. The summed E-state index contributed by atoms with van der Waals surface area (Å²) in [4.78, 5) is 13.1. The van der Waals surface area contributed by atoms with Crippen molar-refractivity contribution in [1.82, 2.24) is 0 Å². The van der Waals surface area contributed by atoms with Gasteiger partial charge in [-0.1, -0.05) is 60.7 Å². The molecule has 0 aliphatic carbocycles. The van der Waals surface area contributed by atoms with Crippen LogP contribution in [0.4, 0.5) is 0 Å². The standard InChI is InChI=1S/C33H44NO6/c1-25-19-30(37-22-26-13-9-7-10-14-26)31(38-23-27-15-11-8-12-16-27)20-29(25)32(36)39-24-28(35)21-34(5,6)17-18-40-33(2,3)4/h7-16,19-20,28,35H,17-18,21-24H2,1-6H3/q+1/t28-/m0/s1. The molecule has 7 heteroatoms. The van der Waals surface area contributed by atoms with Gasteiger partial charge in [0.15, 0.2) is 11.5 Å². The van der Waals surface area contributed by atoms with Crippen LogP contribution in [-0.4, -0.2) is 67.7 Å². The van der Waals surface area contributed by atoms with E-state index in [4.69, 9.17) is 18.9 Å². The third kappa shape index (κ3) is 10.6. The van der Waals surface area contributed by atoms with Crippen LogP contribution < -0.4 is 9.47 Å². The van der Waals surface area contributed by atoms with Gasteiger partial charge >= 0.3 is 5.97 Å². The van der Waals surface area contributed by atoms with Gasteiger partial charge in [0, 0.05) is 0 Å². The molecule has 40 heavy (non-hydrogen) atoms. The van der Waals surface area contributed by atoms with Gasteiger partial charge in [0.2, 0.25) is 0 Å². The molecule has 0 aliphatic rings. The van der Waals surface area contributed by atoms with E-state index in [0.29, 0.717) is 53.5 Å². The molecular weight excluding hydrogens is 506 g/mol.